The summed E-state index contributed by atoms with van der Waals surface area (Å²) in [4.78, 5) is 2.03. The molecule has 0 bridgehead atoms. The Bertz CT molecular complexity index is 297. The van der Waals surface area contributed by atoms with Crippen LogP contribution in [0.1, 0.15) is 12.0 Å². The molecule has 1 aromatic rings. The van der Waals surface area contributed by atoms with Gasteiger partial charge in [0.05, 0.1) is 0 Å². The number of nitrogens with zero attached hydrogens (tertiary/aromatic N) is 1. The molecule has 0 unspecified atom stereocenters. The summed E-state index contributed by atoms with van der Waals surface area (Å²) >= 11 is 0. The van der Waals surface area contributed by atoms with Gasteiger partial charge in [0.15, 0.2) is 0 Å². The predicted molar refractivity (Wildman–Crippen MR) is 53.2 cm³/mol. The minimum Gasteiger partial charge on any atom is -0.309 e. The van der Waals surface area contributed by atoms with Gasteiger partial charge >= 0.3 is 0 Å². The van der Waals surface area contributed by atoms with E-state index < -0.39 is 0 Å². The van der Waals surface area contributed by atoms with Crippen LogP contribution in [-0.4, -0.2) is 25.5 Å². The average Bonchev–Trinajstić information content (AvgIpc) is 2.10. The van der Waals surface area contributed by atoms with Gasteiger partial charge in [0.1, 0.15) is 11.6 Å². The van der Waals surface area contributed by atoms with Crippen LogP contribution in [0.2, 0.25) is 0 Å². The second-order valence-corrected chi connectivity index (χ2v) is 3.64. The maximum Gasteiger partial charge on any atom is 0.126 e. The Morgan fingerprint density at radius 1 is 1.21 bits per heavy atom. The Balaban J connectivity index is 2.53. The summed E-state index contributed by atoms with van der Waals surface area (Å²) in [7, 11) is 3.92. The fourth-order valence-electron chi connectivity index (χ4n) is 1.32. The van der Waals surface area contributed by atoms with E-state index in [9.17, 15) is 8.78 Å². The van der Waals surface area contributed by atoms with Crippen LogP contribution >= 0.6 is 0 Å². The molecule has 1 nitrogen and oxygen atoms in total. The van der Waals surface area contributed by atoms with E-state index >= 15 is 0 Å². The summed E-state index contributed by atoms with van der Waals surface area (Å²) in [6.45, 7) is 0.885. The number of hydrogen-bond donors (Lipinski definition) is 0. The van der Waals surface area contributed by atoms with E-state index in [1.165, 1.54) is 12.1 Å². The molecule has 1 aromatic carbocycles. The number of rotatable bonds is 4. The van der Waals surface area contributed by atoms with Crippen LogP contribution in [0, 0.1) is 11.6 Å². The number of hydrogen-bond acceptors (Lipinski definition) is 1. The van der Waals surface area contributed by atoms with Gasteiger partial charge in [0.25, 0.3) is 0 Å². The van der Waals surface area contributed by atoms with Crippen LogP contribution in [0.4, 0.5) is 8.78 Å². The zero-order valence-corrected chi connectivity index (χ0v) is 8.56. The van der Waals surface area contributed by atoms with E-state index in [2.05, 4.69) is 0 Å². The molecule has 0 saturated carbocycles. The Labute approximate surface area is 83.3 Å². The first kappa shape index (κ1) is 11.1. The van der Waals surface area contributed by atoms with Crippen LogP contribution < -0.4 is 0 Å². The standard InChI is InChI=1S/C11H15F2N/c1-14(2)7-3-4-9-8-10(12)5-6-11(9)13/h5-6,8H,3-4,7H2,1-2H3. The van der Waals surface area contributed by atoms with Crippen molar-refractivity contribution in [3.63, 3.8) is 0 Å². The Hall–Kier alpha value is -0.960. The lowest BCUT2D eigenvalue weighted by Gasteiger charge is -2.09. The summed E-state index contributed by atoms with van der Waals surface area (Å²) in [6, 6.07) is 3.59. The zero-order chi connectivity index (χ0) is 10.6. The van der Waals surface area contributed by atoms with E-state index in [1.54, 1.807) is 0 Å². The van der Waals surface area contributed by atoms with Gasteiger partial charge in [-0.05, 0) is 57.2 Å². The lowest BCUT2D eigenvalue weighted by Crippen LogP contribution is -2.13. The van der Waals surface area contributed by atoms with Gasteiger partial charge in [0.2, 0.25) is 0 Å². The van der Waals surface area contributed by atoms with Crippen LogP contribution in [-0.2, 0) is 6.42 Å². The maximum absolute atomic E-state index is 13.1. The normalized spacial score (nSPS) is 10.9. The van der Waals surface area contributed by atoms with Crippen molar-refractivity contribution in [3.8, 4) is 0 Å². The molecular weight excluding hydrogens is 184 g/mol. The predicted octanol–water partition coefficient (Wildman–Crippen LogP) is 2.46. The smallest absolute Gasteiger partial charge is 0.126 e. The molecule has 0 amide bonds. The average molecular weight is 199 g/mol. The molecule has 0 N–H and O–H groups in total. The zero-order valence-electron chi connectivity index (χ0n) is 8.56. The molecule has 0 aliphatic rings. The molecule has 0 aliphatic heterocycles. The largest absolute Gasteiger partial charge is 0.309 e. The van der Waals surface area contributed by atoms with Crippen molar-refractivity contribution in [2.24, 2.45) is 0 Å². The molecule has 0 radical (unpaired) electrons. The molecule has 0 aliphatic carbocycles. The Morgan fingerprint density at radius 2 is 1.93 bits per heavy atom. The van der Waals surface area contributed by atoms with Crippen LogP contribution in [0.3, 0.4) is 0 Å². The molecule has 3 heteroatoms. The monoisotopic (exact) mass is 199 g/mol. The Kier molecular flexibility index (Phi) is 4.01. The minimum atomic E-state index is -0.369. The minimum absolute atomic E-state index is 0.315. The fraction of sp³-hybridized carbons (Fsp3) is 0.455. The van der Waals surface area contributed by atoms with Gasteiger partial charge in [-0.25, -0.2) is 8.78 Å². The van der Waals surface area contributed by atoms with Crippen molar-refractivity contribution >= 4 is 0 Å². The highest BCUT2D eigenvalue weighted by atomic mass is 19.1. The summed E-state index contributed by atoms with van der Waals surface area (Å²) < 4.78 is 25.9. The fourth-order valence-corrected chi connectivity index (χ4v) is 1.32. The molecule has 1 rings (SSSR count). The van der Waals surface area contributed by atoms with Crippen LogP contribution in [0.25, 0.3) is 0 Å². The lowest BCUT2D eigenvalue weighted by atomic mass is 10.1. The summed E-state index contributed by atoms with van der Waals surface area (Å²) in [5, 5.41) is 0. The van der Waals surface area contributed by atoms with Gasteiger partial charge in [-0.1, -0.05) is 0 Å². The summed E-state index contributed by atoms with van der Waals surface area (Å²) in [5.74, 6) is -0.684. The molecule has 0 fully saturated rings. The van der Waals surface area contributed by atoms with Gasteiger partial charge in [-0.2, -0.15) is 0 Å². The topological polar surface area (TPSA) is 3.24 Å². The summed E-state index contributed by atoms with van der Waals surface area (Å²) in [5.41, 5.74) is 0.465. The van der Waals surface area contributed by atoms with E-state index in [4.69, 9.17) is 0 Å². The summed E-state index contributed by atoms with van der Waals surface area (Å²) in [6.07, 6.45) is 1.43. The van der Waals surface area contributed by atoms with Gasteiger partial charge in [-0.15, -0.1) is 0 Å². The first-order valence-corrected chi connectivity index (χ1v) is 4.68. The highest BCUT2D eigenvalue weighted by Gasteiger charge is 2.03. The SMILES string of the molecule is CN(C)CCCc1cc(F)ccc1F. The van der Waals surface area contributed by atoms with E-state index in [0.717, 1.165) is 19.0 Å². The highest BCUT2D eigenvalue weighted by Crippen LogP contribution is 2.11. The first-order valence-electron chi connectivity index (χ1n) is 4.68. The highest BCUT2D eigenvalue weighted by molar-refractivity contribution is 5.18. The number of halogens is 2. The van der Waals surface area contributed by atoms with Crippen molar-refractivity contribution < 1.29 is 8.78 Å². The third-order valence-electron chi connectivity index (χ3n) is 2.06. The third kappa shape index (κ3) is 3.42. The molecule has 0 saturated heterocycles. The molecule has 0 aromatic heterocycles. The van der Waals surface area contributed by atoms with Gasteiger partial charge in [-0.3, -0.25) is 0 Å². The van der Waals surface area contributed by atoms with E-state index in [-0.39, 0.29) is 11.6 Å². The molecule has 0 heterocycles. The molecule has 78 valence electrons. The van der Waals surface area contributed by atoms with Crippen LogP contribution in [0.15, 0.2) is 18.2 Å². The lowest BCUT2D eigenvalue weighted by molar-refractivity contribution is 0.398. The second kappa shape index (κ2) is 5.05. The number of aryl methyl sites for hydroxylation is 1. The van der Waals surface area contributed by atoms with Crippen molar-refractivity contribution in [2.45, 2.75) is 12.8 Å². The van der Waals surface area contributed by atoms with Gasteiger partial charge in [0, 0.05) is 0 Å². The maximum atomic E-state index is 13.1. The molecular formula is C11H15F2N. The van der Waals surface area contributed by atoms with Gasteiger partial charge < -0.3 is 4.90 Å². The molecule has 0 spiro atoms. The second-order valence-electron chi connectivity index (χ2n) is 3.64. The first-order chi connectivity index (χ1) is 6.59. The number of benzene rings is 1. The molecule has 0 atom stereocenters. The van der Waals surface area contributed by atoms with E-state index in [1.807, 2.05) is 19.0 Å². The van der Waals surface area contributed by atoms with Crippen LogP contribution in [0.5, 0.6) is 0 Å². The Morgan fingerprint density at radius 3 is 2.57 bits per heavy atom. The van der Waals surface area contributed by atoms with E-state index in [0.29, 0.717) is 12.0 Å². The van der Waals surface area contributed by atoms with Crippen molar-refractivity contribution in [1.29, 1.82) is 0 Å². The quantitative estimate of drug-likeness (QED) is 0.720. The van der Waals surface area contributed by atoms with Crippen molar-refractivity contribution in [2.75, 3.05) is 20.6 Å². The molecule has 14 heavy (non-hydrogen) atoms. The van der Waals surface area contributed by atoms with Crippen molar-refractivity contribution in [3.05, 3.63) is 35.4 Å². The third-order valence-corrected chi connectivity index (χ3v) is 2.06. The van der Waals surface area contributed by atoms with Crippen molar-refractivity contribution in [1.82, 2.24) is 4.90 Å².